The van der Waals surface area contributed by atoms with Crippen LogP contribution in [0.15, 0.2) is 55.8 Å². The van der Waals surface area contributed by atoms with Gasteiger partial charge in [-0.3, -0.25) is 13.9 Å². The highest BCUT2D eigenvalue weighted by Gasteiger charge is 2.33. The molecule has 0 saturated heterocycles. The average Bonchev–Trinajstić information content (AvgIpc) is 2.64. The van der Waals surface area contributed by atoms with Crippen molar-refractivity contribution in [3.05, 3.63) is 57.2 Å². The molecule has 0 aliphatic carbocycles. The van der Waals surface area contributed by atoms with Gasteiger partial charge in [0.2, 0.25) is 9.84 Å². The average molecular weight is 374 g/mol. The number of para-hydroxylation sites is 1. The van der Waals surface area contributed by atoms with Gasteiger partial charge in [0.05, 0.1) is 46.6 Å². The second-order valence-electron chi connectivity index (χ2n) is 5.79. The van der Waals surface area contributed by atoms with E-state index in [1.807, 2.05) is 0 Å². The fourth-order valence-electron chi connectivity index (χ4n) is 3.25. The minimum atomic E-state index is -3.94. The van der Waals surface area contributed by atoms with E-state index in [0.717, 1.165) is 4.57 Å². The fraction of sp³-hybridized carbons (Fsp3) is 0.176. The first-order valence-electron chi connectivity index (χ1n) is 7.74. The molecular weight excluding hydrogens is 360 g/mol. The van der Waals surface area contributed by atoms with Crippen LogP contribution in [0.4, 0.5) is 0 Å². The molecule has 4 rings (SSSR count). The van der Waals surface area contributed by atoms with Crippen molar-refractivity contribution in [1.29, 1.82) is 0 Å². The Labute approximate surface area is 147 Å². The number of rotatable bonds is 3. The molecule has 0 spiro atoms. The first-order valence-corrected chi connectivity index (χ1v) is 9.23. The van der Waals surface area contributed by atoms with Crippen LogP contribution in [0.1, 0.15) is 0 Å². The number of ether oxygens (including phenoxy) is 1. The summed E-state index contributed by atoms with van der Waals surface area (Å²) in [5.74, 6) is 0.333. The lowest BCUT2D eigenvalue weighted by molar-refractivity contribution is 0.271. The molecule has 0 radical (unpaired) electrons. The first-order chi connectivity index (χ1) is 12.4. The topological polar surface area (TPSA) is 108 Å². The zero-order valence-corrected chi connectivity index (χ0v) is 14.5. The number of aromatic nitrogens is 2. The van der Waals surface area contributed by atoms with Crippen LogP contribution >= 0.6 is 0 Å². The van der Waals surface area contributed by atoms with Crippen LogP contribution in [-0.2, 0) is 16.4 Å². The smallest absolute Gasteiger partial charge is 0.336 e. The molecule has 9 heteroatoms. The number of hydrogen-bond acceptors (Lipinski definition) is 6. The first kappa shape index (κ1) is 16.6. The van der Waals surface area contributed by atoms with Crippen LogP contribution in [-0.4, -0.2) is 36.4 Å². The Bertz CT molecular complexity index is 1290. The molecule has 0 unspecified atom stereocenters. The molecule has 1 aromatic heterocycles. The van der Waals surface area contributed by atoms with Crippen molar-refractivity contribution in [2.75, 3.05) is 13.7 Å². The van der Waals surface area contributed by atoms with Crippen molar-refractivity contribution in [3.8, 4) is 11.4 Å². The standard InChI is InChI=1S/C17H14N2O6S/c1-25-10-5-6-12-14(9-10)26(23,24)13-4-2-3-11-15(13)19(12)17(22)18(7-8-20)16(11)21/h2-6,9,20H,7-8H2,1H3. The van der Waals surface area contributed by atoms with Gasteiger partial charge in [-0.2, -0.15) is 0 Å². The zero-order chi connectivity index (χ0) is 18.6. The largest absolute Gasteiger partial charge is 0.497 e. The van der Waals surface area contributed by atoms with Gasteiger partial charge >= 0.3 is 5.69 Å². The normalized spacial score (nSPS) is 14.2. The molecular formula is C17H14N2O6S. The summed E-state index contributed by atoms with van der Waals surface area (Å²) >= 11 is 0. The highest BCUT2D eigenvalue weighted by atomic mass is 32.2. The van der Waals surface area contributed by atoms with E-state index in [2.05, 4.69) is 0 Å². The molecule has 3 aromatic rings. The Morgan fingerprint density at radius 2 is 1.88 bits per heavy atom. The number of nitrogens with zero attached hydrogens (tertiary/aromatic N) is 2. The van der Waals surface area contributed by atoms with Gasteiger partial charge in [0.15, 0.2) is 0 Å². The lowest BCUT2D eigenvalue weighted by atomic mass is 10.2. The summed E-state index contributed by atoms with van der Waals surface area (Å²) in [7, 11) is -2.52. The maximum absolute atomic E-state index is 13.1. The predicted octanol–water partition coefficient (Wildman–Crippen LogP) is 0.300. The third kappa shape index (κ3) is 2.01. The van der Waals surface area contributed by atoms with Crippen LogP contribution in [0.25, 0.3) is 16.6 Å². The maximum Gasteiger partial charge on any atom is 0.336 e. The van der Waals surface area contributed by atoms with Gasteiger partial charge in [0.25, 0.3) is 5.56 Å². The Balaban J connectivity index is 2.30. The number of aliphatic hydroxyl groups is 1. The summed E-state index contributed by atoms with van der Waals surface area (Å²) in [6, 6.07) is 8.65. The quantitative estimate of drug-likeness (QED) is 0.553. The number of fused-ring (bicyclic) bond motifs is 2. The molecule has 1 N–H and O–H groups in total. The van der Waals surface area contributed by atoms with Gasteiger partial charge in [-0.25, -0.2) is 13.2 Å². The van der Waals surface area contributed by atoms with Gasteiger partial charge in [0.1, 0.15) is 5.75 Å². The van der Waals surface area contributed by atoms with Gasteiger partial charge in [0, 0.05) is 6.07 Å². The van der Waals surface area contributed by atoms with E-state index in [9.17, 15) is 23.1 Å². The number of methoxy groups -OCH3 is 1. The van der Waals surface area contributed by atoms with E-state index in [1.165, 1.54) is 42.0 Å². The molecule has 26 heavy (non-hydrogen) atoms. The van der Waals surface area contributed by atoms with E-state index >= 15 is 0 Å². The summed E-state index contributed by atoms with van der Waals surface area (Å²) in [6.45, 7) is -0.579. The minimum absolute atomic E-state index is 0.0503. The second-order valence-corrected chi connectivity index (χ2v) is 7.67. The molecule has 0 amide bonds. The van der Waals surface area contributed by atoms with Gasteiger partial charge in [-0.1, -0.05) is 6.07 Å². The van der Waals surface area contributed by atoms with Crippen molar-refractivity contribution in [2.24, 2.45) is 0 Å². The number of aliphatic hydroxyl groups excluding tert-OH is 1. The number of sulfone groups is 1. The molecule has 0 fully saturated rings. The Hall–Kier alpha value is -2.91. The van der Waals surface area contributed by atoms with Crippen molar-refractivity contribution in [1.82, 2.24) is 9.13 Å². The molecule has 0 saturated carbocycles. The van der Waals surface area contributed by atoms with Gasteiger partial charge in [-0.15, -0.1) is 0 Å². The van der Waals surface area contributed by atoms with E-state index in [1.54, 1.807) is 6.07 Å². The third-order valence-corrected chi connectivity index (χ3v) is 6.25. The Kier molecular flexibility index (Phi) is 3.53. The predicted molar refractivity (Wildman–Crippen MR) is 92.9 cm³/mol. The third-order valence-electron chi connectivity index (χ3n) is 4.43. The van der Waals surface area contributed by atoms with Crippen molar-refractivity contribution in [2.45, 2.75) is 16.3 Å². The maximum atomic E-state index is 13.1. The van der Waals surface area contributed by atoms with Crippen LogP contribution < -0.4 is 16.0 Å². The summed E-state index contributed by atoms with van der Waals surface area (Å²) in [6.07, 6.45) is 0. The molecule has 0 atom stereocenters. The number of benzene rings is 2. The highest BCUT2D eigenvalue weighted by molar-refractivity contribution is 7.92. The SMILES string of the molecule is COc1ccc2c(c1)S(=O)(=O)c1cccc3c(=O)n(CCO)c(=O)n-2c13. The molecule has 0 bridgehead atoms. The summed E-state index contributed by atoms with van der Waals surface area (Å²) in [5, 5.41) is 9.30. The zero-order valence-electron chi connectivity index (χ0n) is 13.7. The van der Waals surface area contributed by atoms with Crippen molar-refractivity contribution < 1.29 is 18.3 Å². The molecule has 1 aliphatic rings. The molecule has 8 nitrogen and oxygen atoms in total. The number of hydrogen-bond donors (Lipinski definition) is 1. The molecule has 1 aliphatic heterocycles. The molecule has 2 aromatic carbocycles. The Morgan fingerprint density at radius 3 is 2.58 bits per heavy atom. The minimum Gasteiger partial charge on any atom is -0.497 e. The van der Waals surface area contributed by atoms with Gasteiger partial charge in [-0.05, 0) is 24.3 Å². The Morgan fingerprint density at radius 1 is 1.12 bits per heavy atom. The summed E-state index contributed by atoms with van der Waals surface area (Å²) in [5.41, 5.74) is -1.14. The summed E-state index contributed by atoms with van der Waals surface area (Å²) in [4.78, 5) is 25.4. The van der Waals surface area contributed by atoms with Crippen LogP contribution in [0, 0.1) is 0 Å². The van der Waals surface area contributed by atoms with Crippen molar-refractivity contribution >= 4 is 20.7 Å². The van der Waals surface area contributed by atoms with E-state index in [0.29, 0.717) is 5.75 Å². The lowest BCUT2D eigenvalue weighted by Crippen LogP contribution is -2.42. The highest BCUT2D eigenvalue weighted by Crippen LogP contribution is 2.37. The molecule has 2 heterocycles. The van der Waals surface area contributed by atoms with Crippen LogP contribution in [0.2, 0.25) is 0 Å². The molecule has 134 valence electrons. The fourth-order valence-corrected chi connectivity index (χ4v) is 4.91. The van der Waals surface area contributed by atoms with E-state index in [4.69, 9.17) is 4.74 Å². The van der Waals surface area contributed by atoms with Crippen LogP contribution in [0.3, 0.4) is 0 Å². The lowest BCUT2D eigenvalue weighted by Gasteiger charge is -2.23. The van der Waals surface area contributed by atoms with E-state index < -0.39 is 27.7 Å². The van der Waals surface area contributed by atoms with Gasteiger partial charge < -0.3 is 9.84 Å². The van der Waals surface area contributed by atoms with Crippen molar-refractivity contribution in [3.63, 3.8) is 0 Å². The second kappa shape index (κ2) is 5.55. The summed E-state index contributed by atoms with van der Waals surface area (Å²) < 4.78 is 33.3. The van der Waals surface area contributed by atoms with E-state index in [-0.39, 0.29) is 32.9 Å². The monoisotopic (exact) mass is 374 g/mol. The van der Waals surface area contributed by atoms with Crippen LogP contribution in [0.5, 0.6) is 5.75 Å².